The van der Waals surface area contributed by atoms with Gasteiger partial charge in [-0.25, -0.2) is 22.2 Å². The highest BCUT2D eigenvalue weighted by Crippen LogP contribution is 2.18. The second-order valence-corrected chi connectivity index (χ2v) is 14.0. The lowest BCUT2D eigenvalue weighted by Gasteiger charge is -2.30. The SMILES string of the molecule is CCCN(CCC)C(=O)c1cc(C(=O)NC(Cc2cc(F)cc(F)c2)C(O)CN(CC)NS(=O)(=O)CC(C)C)cc(C(=O)N(C)C)c1. The summed E-state index contributed by atoms with van der Waals surface area (Å²) >= 11 is 0. The lowest BCUT2D eigenvalue weighted by Crippen LogP contribution is -2.53. The van der Waals surface area contributed by atoms with Gasteiger partial charge in [-0.15, -0.1) is 4.83 Å². The molecule has 2 atom stereocenters. The van der Waals surface area contributed by atoms with E-state index < -0.39 is 45.6 Å². The molecule has 0 radical (unpaired) electrons. The molecule has 0 bridgehead atoms. The zero-order chi connectivity index (χ0) is 35.5. The zero-order valence-electron chi connectivity index (χ0n) is 28.3. The summed E-state index contributed by atoms with van der Waals surface area (Å²) in [5, 5.41) is 15.3. The first-order valence-electron chi connectivity index (χ1n) is 15.8. The molecule has 0 aliphatic carbocycles. The minimum absolute atomic E-state index is 0.0402. The number of carbonyl (C=O) groups is 3. The first kappa shape index (κ1) is 39.7. The number of halogens is 2. The zero-order valence-corrected chi connectivity index (χ0v) is 29.2. The van der Waals surface area contributed by atoms with E-state index in [9.17, 15) is 36.7 Å². The van der Waals surface area contributed by atoms with Crippen molar-refractivity contribution in [3.8, 4) is 0 Å². The highest BCUT2D eigenvalue weighted by Gasteiger charge is 2.28. The van der Waals surface area contributed by atoms with Crippen LogP contribution < -0.4 is 10.1 Å². The van der Waals surface area contributed by atoms with Gasteiger partial charge in [0.2, 0.25) is 10.0 Å². The Morgan fingerprint density at radius 1 is 0.851 bits per heavy atom. The van der Waals surface area contributed by atoms with Crippen molar-refractivity contribution in [3.63, 3.8) is 0 Å². The molecule has 0 aliphatic rings. The Bertz CT molecular complexity index is 1460. The molecule has 14 heteroatoms. The Hall–Kier alpha value is -3.46. The summed E-state index contributed by atoms with van der Waals surface area (Å²) in [7, 11) is -0.665. The molecule has 0 saturated carbocycles. The molecule has 0 saturated heterocycles. The molecule has 47 heavy (non-hydrogen) atoms. The summed E-state index contributed by atoms with van der Waals surface area (Å²) in [4.78, 5) is 45.7. The number of hydrogen-bond donors (Lipinski definition) is 3. The van der Waals surface area contributed by atoms with Gasteiger partial charge in [-0.3, -0.25) is 14.4 Å². The Kier molecular flexibility index (Phi) is 15.4. The highest BCUT2D eigenvalue weighted by atomic mass is 32.2. The van der Waals surface area contributed by atoms with Crippen LogP contribution in [0.3, 0.4) is 0 Å². The van der Waals surface area contributed by atoms with Gasteiger partial charge >= 0.3 is 0 Å². The summed E-state index contributed by atoms with van der Waals surface area (Å²) < 4.78 is 53.4. The van der Waals surface area contributed by atoms with Crippen LogP contribution in [0.15, 0.2) is 36.4 Å². The summed E-state index contributed by atoms with van der Waals surface area (Å²) in [5.74, 6) is -3.56. The minimum atomic E-state index is -3.74. The van der Waals surface area contributed by atoms with Crippen LogP contribution in [0, 0.1) is 17.6 Å². The van der Waals surface area contributed by atoms with Gasteiger partial charge in [0.05, 0.1) is 17.9 Å². The molecule has 2 unspecified atom stereocenters. The first-order valence-corrected chi connectivity index (χ1v) is 17.5. The van der Waals surface area contributed by atoms with Crippen molar-refractivity contribution in [2.75, 3.05) is 46.0 Å². The maximum absolute atomic E-state index is 14.1. The third-order valence-corrected chi connectivity index (χ3v) is 8.78. The largest absolute Gasteiger partial charge is 0.390 e. The fraction of sp³-hybridized carbons (Fsp3) is 0.545. The Labute approximate surface area is 277 Å². The summed E-state index contributed by atoms with van der Waals surface area (Å²) in [5.41, 5.74) is 0.324. The Balaban J connectivity index is 2.52. The lowest BCUT2D eigenvalue weighted by atomic mass is 9.99. The number of hydrazine groups is 1. The average Bonchev–Trinajstić information content (AvgIpc) is 2.97. The third-order valence-electron chi connectivity index (χ3n) is 7.14. The first-order chi connectivity index (χ1) is 22.0. The van der Waals surface area contributed by atoms with E-state index >= 15 is 0 Å². The monoisotopic (exact) mass is 681 g/mol. The molecule has 0 spiro atoms. The molecule has 2 aromatic rings. The van der Waals surface area contributed by atoms with E-state index in [-0.39, 0.29) is 59.3 Å². The van der Waals surface area contributed by atoms with E-state index in [1.807, 2.05) is 13.8 Å². The quantitative estimate of drug-likeness (QED) is 0.205. The van der Waals surface area contributed by atoms with Gasteiger partial charge in [0, 0.05) is 63.0 Å². The van der Waals surface area contributed by atoms with Crippen molar-refractivity contribution in [2.24, 2.45) is 5.92 Å². The van der Waals surface area contributed by atoms with E-state index in [1.54, 1.807) is 25.7 Å². The van der Waals surface area contributed by atoms with E-state index in [0.29, 0.717) is 32.0 Å². The van der Waals surface area contributed by atoms with Crippen molar-refractivity contribution in [1.82, 2.24) is 25.0 Å². The second-order valence-electron chi connectivity index (χ2n) is 12.2. The number of benzene rings is 2. The van der Waals surface area contributed by atoms with Crippen molar-refractivity contribution in [1.29, 1.82) is 0 Å². The van der Waals surface area contributed by atoms with Gasteiger partial charge < -0.3 is 20.2 Å². The fourth-order valence-electron chi connectivity index (χ4n) is 5.08. The van der Waals surface area contributed by atoms with Gasteiger partial charge in [-0.05, 0) is 61.1 Å². The molecule has 0 aromatic heterocycles. The molecule has 262 valence electrons. The van der Waals surface area contributed by atoms with Crippen LogP contribution in [0.2, 0.25) is 0 Å². The molecule has 0 heterocycles. The standard InChI is InChI=1S/C33H49F2N5O6S/c1-8-11-39(12-9-2)33(44)26-17-24(16-25(18-26)32(43)38(6)7)31(42)36-29(15-23-13-27(34)19-28(35)14-23)30(41)20-40(10-3)37-47(45,46)21-22(4)5/h13-14,16-19,22,29-30,37,41H,8-12,15,20-21H2,1-7H3,(H,36,42). The summed E-state index contributed by atoms with van der Waals surface area (Å²) in [6.45, 7) is 9.89. The highest BCUT2D eigenvalue weighted by molar-refractivity contribution is 7.89. The number of nitrogens with zero attached hydrogens (tertiary/aromatic N) is 3. The smallest absolute Gasteiger partial charge is 0.253 e. The van der Waals surface area contributed by atoms with E-state index in [4.69, 9.17) is 0 Å². The fourth-order valence-corrected chi connectivity index (χ4v) is 6.62. The Morgan fingerprint density at radius 2 is 1.38 bits per heavy atom. The van der Waals surface area contributed by atoms with Crippen molar-refractivity contribution < 1.29 is 36.7 Å². The number of likely N-dealkylation sites (N-methyl/N-ethyl adjacent to an activating group) is 1. The maximum Gasteiger partial charge on any atom is 0.253 e. The van der Waals surface area contributed by atoms with Gasteiger partial charge in [0.15, 0.2) is 0 Å². The van der Waals surface area contributed by atoms with Crippen LogP contribution in [-0.2, 0) is 16.4 Å². The number of aliphatic hydroxyl groups is 1. The van der Waals surface area contributed by atoms with Crippen molar-refractivity contribution in [3.05, 3.63) is 70.3 Å². The predicted octanol–water partition coefficient (Wildman–Crippen LogP) is 3.44. The summed E-state index contributed by atoms with van der Waals surface area (Å²) in [6, 6.07) is 5.80. The number of hydrogen-bond acceptors (Lipinski definition) is 7. The normalized spacial score (nSPS) is 13.0. The van der Waals surface area contributed by atoms with Gasteiger partial charge in [-0.2, -0.15) is 0 Å². The van der Waals surface area contributed by atoms with E-state index in [1.165, 1.54) is 42.2 Å². The van der Waals surface area contributed by atoms with Crippen molar-refractivity contribution >= 4 is 27.7 Å². The van der Waals surface area contributed by atoms with Crippen LogP contribution >= 0.6 is 0 Å². The lowest BCUT2D eigenvalue weighted by molar-refractivity contribution is 0.0634. The molecule has 11 nitrogen and oxygen atoms in total. The van der Waals surface area contributed by atoms with Crippen LogP contribution in [-0.4, -0.2) is 104 Å². The van der Waals surface area contributed by atoms with E-state index in [0.717, 1.165) is 12.1 Å². The summed E-state index contributed by atoms with van der Waals surface area (Å²) in [6.07, 6.45) is -0.235. The molecule has 3 N–H and O–H groups in total. The predicted molar refractivity (Wildman–Crippen MR) is 177 cm³/mol. The number of sulfonamides is 1. The number of carbonyl (C=O) groups excluding carboxylic acids is 3. The third kappa shape index (κ3) is 12.6. The topological polar surface area (TPSA) is 139 Å². The molecular formula is C33H49F2N5O6S. The maximum atomic E-state index is 14.1. The average molecular weight is 682 g/mol. The Morgan fingerprint density at radius 3 is 1.87 bits per heavy atom. The van der Waals surface area contributed by atoms with Gasteiger partial charge in [0.25, 0.3) is 17.7 Å². The van der Waals surface area contributed by atoms with Crippen LogP contribution in [0.5, 0.6) is 0 Å². The molecular weight excluding hydrogens is 632 g/mol. The van der Waals surface area contributed by atoms with Crippen molar-refractivity contribution in [2.45, 2.75) is 66.0 Å². The number of amides is 3. The van der Waals surface area contributed by atoms with Crippen LogP contribution in [0.1, 0.15) is 84.1 Å². The number of rotatable bonds is 18. The number of nitrogens with one attached hydrogen (secondary N) is 2. The molecule has 3 amide bonds. The minimum Gasteiger partial charge on any atom is -0.390 e. The van der Waals surface area contributed by atoms with Gasteiger partial charge in [0.1, 0.15) is 11.6 Å². The number of aliphatic hydroxyl groups excluding tert-OH is 1. The van der Waals surface area contributed by atoms with Crippen LogP contribution in [0.25, 0.3) is 0 Å². The van der Waals surface area contributed by atoms with Crippen LogP contribution in [0.4, 0.5) is 8.78 Å². The molecule has 2 rings (SSSR count). The molecule has 0 aliphatic heterocycles. The van der Waals surface area contributed by atoms with Gasteiger partial charge in [-0.1, -0.05) is 34.6 Å². The second kappa shape index (κ2) is 18.2. The molecule has 0 fully saturated rings. The molecule has 2 aromatic carbocycles. The van der Waals surface area contributed by atoms with E-state index in [2.05, 4.69) is 10.1 Å².